The third kappa shape index (κ3) is 1.70. The molecular weight excluding hydrogens is 209 g/mol. The Hall–Kier alpha value is -1.85. The number of nitrogens with one attached hydrogen (secondary N) is 1. The van der Waals surface area contributed by atoms with Gasteiger partial charge in [-0.3, -0.25) is 4.79 Å². The van der Waals surface area contributed by atoms with Gasteiger partial charge in [-0.15, -0.1) is 0 Å². The van der Waals surface area contributed by atoms with Gasteiger partial charge in [0.05, 0.1) is 10.9 Å². The van der Waals surface area contributed by atoms with Crippen LogP contribution < -0.4 is 5.56 Å². The monoisotopic (exact) mass is 214 g/mol. The number of pyridine rings is 2. The number of fused-ring (bicyclic) bond motifs is 1. The van der Waals surface area contributed by atoms with Crippen molar-refractivity contribution < 1.29 is 13.2 Å². The number of rotatable bonds is 0. The molecule has 2 rings (SSSR count). The molecule has 6 heteroatoms. The van der Waals surface area contributed by atoms with Crippen LogP contribution in [0.15, 0.2) is 29.2 Å². The molecule has 0 saturated carbocycles. The second-order valence-electron chi connectivity index (χ2n) is 2.93. The Morgan fingerprint density at radius 3 is 2.60 bits per heavy atom. The third-order valence-electron chi connectivity index (χ3n) is 1.92. The maximum atomic E-state index is 12.3. The quantitative estimate of drug-likeness (QED) is 0.728. The topological polar surface area (TPSA) is 45.8 Å². The minimum Gasteiger partial charge on any atom is -0.328 e. The van der Waals surface area contributed by atoms with E-state index in [1.54, 1.807) is 0 Å². The maximum Gasteiger partial charge on any atom is 0.433 e. The highest BCUT2D eigenvalue weighted by Gasteiger charge is 2.32. The van der Waals surface area contributed by atoms with E-state index in [9.17, 15) is 18.0 Å². The molecule has 0 radical (unpaired) electrons. The van der Waals surface area contributed by atoms with Crippen molar-refractivity contribution >= 4 is 10.9 Å². The van der Waals surface area contributed by atoms with Crippen LogP contribution in [0.2, 0.25) is 0 Å². The molecular formula is C9H5F3N2O. The molecule has 1 N–H and O–H groups in total. The highest BCUT2D eigenvalue weighted by atomic mass is 19.4. The zero-order valence-electron chi connectivity index (χ0n) is 7.30. The Kier molecular flexibility index (Phi) is 1.99. The van der Waals surface area contributed by atoms with Crippen LogP contribution in [0, 0.1) is 0 Å². The van der Waals surface area contributed by atoms with Gasteiger partial charge in [-0.05, 0) is 18.2 Å². The highest BCUT2D eigenvalue weighted by Crippen LogP contribution is 2.28. The molecule has 0 aliphatic heterocycles. The molecule has 2 aromatic heterocycles. The number of hydrogen-bond acceptors (Lipinski definition) is 2. The van der Waals surface area contributed by atoms with Crippen LogP contribution in [0.1, 0.15) is 5.69 Å². The minimum atomic E-state index is -4.49. The van der Waals surface area contributed by atoms with Crippen molar-refractivity contribution in [1.29, 1.82) is 0 Å². The van der Waals surface area contributed by atoms with Crippen molar-refractivity contribution in [2.24, 2.45) is 0 Å². The molecule has 0 aliphatic rings. The van der Waals surface area contributed by atoms with Crippen LogP contribution >= 0.6 is 0 Å². The Morgan fingerprint density at radius 1 is 1.20 bits per heavy atom. The molecule has 0 bridgehead atoms. The summed E-state index contributed by atoms with van der Waals surface area (Å²) in [6, 6.07) is 3.23. The molecule has 78 valence electrons. The van der Waals surface area contributed by atoms with Crippen molar-refractivity contribution in [3.8, 4) is 0 Å². The molecule has 15 heavy (non-hydrogen) atoms. The average molecular weight is 214 g/mol. The van der Waals surface area contributed by atoms with E-state index in [2.05, 4.69) is 9.97 Å². The van der Waals surface area contributed by atoms with E-state index < -0.39 is 17.4 Å². The summed E-state index contributed by atoms with van der Waals surface area (Å²) in [4.78, 5) is 16.9. The molecule has 0 atom stereocenters. The number of aromatic amines is 1. The first-order valence-corrected chi connectivity index (χ1v) is 4.04. The number of alkyl halides is 3. The van der Waals surface area contributed by atoms with Crippen molar-refractivity contribution in [1.82, 2.24) is 9.97 Å². The Morgan fingerprint density at radius 2 is 1.93 bits per heavy atom. The van der Waals surface area contributed by atoms with Crippen molar-refractivity contribution in [2.45, 2.75) is 6.18 Å². The van der Waals surface area contributed by atoms with Gasteiger partial charge in [-0.2, -0.15) is 13.2 Å². The van der Waals surface area contributed by atoms with E-state index in [4.69, 9.17) is 0 Å². The molecule has 2 aromatic rings. The molecule has 3 nitrogen and oxygen atoms in total. The molecule has 0 amide bonds. The van der Waals surface area contributed by atoms with Gasteiger partial charge in [0.15, 0.2) is 0 Å². The average Bonchev–Trinajstić information content (AvgIpc) is 2.16. The predicted octanol–water partition coefficient (Wildman–Crippen LogP) is 1.94. The first-order chi connectivity index (χ1) is 6.98. The van der Waals surface area contributed by atoms with Crippen molar-refractivity contribution in [2.75, 3.05) is 0 Å². The molecule has 0 spiro atoms. The zero-order chi connectivity index (χ0) is 11.1. The van der Waals surface area contributed by atoms with E-state index in [1.165, 1.54) is 12.3 Å². The smallest absolute Gasteiger partial charge is 0.328 e. The lowest BCUT2D eigenvalue weighted by Gasteiger charge is -2.05. The number of nitrogens with zero attached hydrogens (tertiary/aromatic N) is 1. The van der Waals surface area contributed by atoms with Gasteiger partial charge in [-0.25, -0.2) is 4.98 Å². The van der Waals surface area contributed by atoms with Crippen molar-refractivity contribution in [3.05, 3.63) is 40.4 Å². The summed E-state index contributed by atoms with van der Waals surface area (Å²) in [5.41, 5.74) is -1.41. The van der Waals surface area contributed by atoms with Crippen LogP contribution in [0.25, 0.3) is 10.9 Å². The second-order valence-corrected chi connectivity index (χ2v) is 2.93. The third-order valence-corrected chi connectivity index (χ3v) is 1.92. The largest absolute Gasteiger partial charge is 0.433 e. The summed E-state index contributed by atoms with van der Waals surface area (Å²) in [6.45, 7) is 0. The van der Waals surface area contributed by atoms with E-state index in [0.717, 1.165) is 12.1 Å². The summed E-state index contributed by atoms with van der Waals surface area (Å²) in [5.74, 6) is 0. The summed E-state index contributed by atoms with van der Waals surface area (Å²) < 4.78 is 36.8. The second kappa shape index (κ2) is 3.08. The molecule has 2 heterocycles. The van der Waals surface area contributed by atoms with Crippen molar-refractivity contribution in [3.63, 3.8) is 0 Å². The van der Waals surface area contributed by atoms with Crippen LogP contribution in [-0.2, 0) is 6.18 Å². The maximum absolute atomic E-state index is 12.3. The zero-order valence-corrected chi connectivity index (χ0v) is 7.30. The Labute approximate surface area is 81.6 Å². The predicted molar refractivity (Wildman–Crippen MR) is 47.4 cm³/mol. The number of halogens is 3. The van der Waals surface area contributed by atoms with Gasteiger partial charge in [-0.1, -0.05) is 0 Å². The minimum absolute atomic E-state index is 0.0357. The van der Waals surface area contributed by atoms with E-state index >= 15 is 0 Å². The van der Waals surface area contributed by atoms with Gasteiger partial charge >= 0.3 is 6.18 Å². The van der Waals surface area contributed by atoms with Gasteiger partial charge in [0.2, 0.25) is 0 Å². The lowest BCUT2D eigenvalue weighted by Crippen LogP contribution is -2.10. The lowest BCUT2D eigenvalue weighted by molar-refractivity contribution is -0.140. The van der Waals surface area contributed by atoms with Gasteiger partial charge in [0, 0.05) is 6.20 Å². The number of H-pyrrole nitrogens is 1. The Balaban J connectivity index is 2.73. The van der Waals surface area contributed by atoms with Crippen LogP contribution in [-0.4, -0.2) is 9.97 Å². The van der Waals surface area contributed by atoms with Crippen LogP contribution in [0.5, 0.6) is 0 Å². The van der Waals surface area contributed by atoms with E-state index in [-0.39, 0.29) is 10.9 Å². The fourth-order valence-corrected chi connectivity index (χ4v) is 1.23. The molecule has 0 unspecified atom stereocenters. The normalized spacial score (nSPS) is 11.9. The fraction of sp³-hybridized carbons (Fsp3) is 0.111. The van der Waals surface area contributed by atoms with Gasteiger partial charge in [0.25, 0.3) is 5.56 Å². The number of hydrogen-bond donors (Lipinski definition) is 1. The summed E-state index contributed by atoms with van der Waals surface area (Å²) in [5, 5.41) is 0.144. The molecule has 0 saturated heterocycles. The lowest BCUT2D eigenvalue weighted by atomic mass is 10.2. The summed E-state index contributed by atoms with van der Waals surface area (Å²) in [7, 11) is 0. The first kappa shape index (κ1) is 9.70. The molecule has 0 aromatic carbocycles. The van der Waals surface area contributed by atoms with Gasteiger partial charge < -0.3 is 4.98 Å². The fourth-order valence-electron chi connectivity index (χ4n) is 1.23. The molecule has 0 fully saturated rings. The first-order valence-electron chi connectivity index (χ1n) is 4.04. The number of aromatic nitrogens is 2. The van der Waals surface area contributed by atoms with Crippen LogP contribution in [0.4, 0.5) is 13.2 Å². The van der Waals surface area contributed by atoms with E-state index in [0.29, 0.717) is 0 Å². The van der Waals surface area contributed by atoms with E-state index in [1.807, 2.05) is 0 Å². The Bertz CT molecular complexity index is 559. The summed E-state index contributed by atoms with van der Waals surface area (Å²) >= 11 is 0. The summed E-state index contributed by atoms with van der Waals surface area (Å²) in [6.07, 6.45) is -3.23. The van der Waals surface area contributed by atoms with Crippen LogP contribution in [0.3, 0.4) is 0 Å². The van der Waals surface area contributed by atoms with Gasteiger partial charge in [0.1, 0.15) is 5.69 Å². The SMILES string of the molecule is O=c1[nH]ccc2nc(C(F)(F)F)ccc12. The standard InChI is InChI=1S/C9H5F3N2O/c10-9(11,12)7-2-1-5-6(14-7)3-4-13-8(5)15/h1-4H,(H,13,15). The molecule has 0 aliphatic carbocycles. The highest BCUT2D eigenvalue weighted by molar-refractivity contribution is 5.77.